The summed E-state index contributed by atoms with van der Waals surface area (Å²) in [5.41, 5.74) is 7.30. The summed E-state index contributed by atoms with van der Waals surface area (Å²) < 4.78 is 0. The fourth-order valence-electron chi connectivity index (χ4n) is 2.57. The Hall–Kier alpha value is -1.23. The quantitative estimate of drug-likeness (QED) is 0.385. The van der Waals surface area contributed by atoms with Crippen LogP contribution in [-0.2, 0) is 5.75 Å². The maximum Gasteiger partial charge on any atom is 0.189 e. The highest BCUT2D eigenvalue weighted by Gasteiger charge is 2.19. The van der Waals surface area contributed by atoms with Gasteiger partial charge in [-0.1, -0.05) is 31.0 Å². The minimum absolute atomic E-state index is 0.0909. The number of nitrogens with zero attached hydrogens (tertiary/aromatic N) is 2. The summed E-state index contributed by atoms with van der Waals surface area (Å²) in [5.74, 6) is 1.80. The lowest BCUT2D eigenvalue weighted by Gasteiger charge is -2.26. The van der Waals surface area contributed by atoms with E-state index < -0.39 is 0 Å². The highest BCUT2D eigenvalue weighted by molar-refractivity contribution is 7.99. The maximum absolute atomic E-state index is 8.78. The van der Waals surface area contributed by atoms with Crippen LogP contribution in [0, 0.1) is 5.92 Å². The monoisotopic (exact) mass is 279 g/mol. The summed E-state index contributed by atoms with van der Waals surface area (Å²) >= 11 is 1.96. The van der Waals surface area contributed by atoms with Gasteiger partial charge in [-0.2, -0.15) is 11.8 Å². The molecule has 1 aliphatic carbocycles. The lowest BCUT2D eigenvalue weighted by atomic mass is 9.91. The zero-order valence-electron chi connectivity index (χ0n) is 11.2. The lowest BCUT2D eigenvalue weighted by molar-refractivity contribution is 0.318. The van der Waals surface area contributed by atoms with Gasteiger partial charge < -0.3 is 10.9 Å². The van der Waals surface area contributed by atoms with Crippen LogP contribution in [0.5, 0.6) is 0 Å². The van der Waals surface area contributed by atoms with Crippen molar-refractivity contribution < 1.29 is 5.21 Å². The smallest absolute Gasteiger partial charge is 0.189 e. The number of pyridine rings is 1. The van der Waals surface area contributed by atoms with E-state index in [4.69, 9.17) is 10.9 Å². The summed E-state index contributed by atoms with van der Waals surface area (Å²) in [7, 11) is 0. The number of hydrogen-bond donors (Lipinski definition) is 2. The normalized spacial score (nSPS) is 24.4. The van der Waals surface area contributed by atoms with Crippen LogP contribution >= 0.6 is 11.8 Å². The second-order valence-electron chi connectivity index (χ2n) is 5.20. The SMILES string of the molecule is CC1CCCC(SCc2cccnc2C(N)=NO)C1. The first kappa shape index (κ1) is 14.2. The van der Waals surface area contributed by atoms with Crippen molar-refractivity contribution in [2.45, 2.75) is 43.6 Å². The van der Waals surface area contributed by atoms with E-state index in [1.54, 1.807) is 6.20 Å². The number of thioether (sulfide) groups is 1. The third kappa shape index (κ3) is 3.86. The minimum Gasteiger partial charge on any atom is -0.409 e. The summed E-state index contributed by atoms with van der Waals surface area (Å²) in [6, 6.07) is 3.90. The van der Waals surface area contributed by atoms with Gasteiger partial charge in [-0.05, 0) is 30.4 Å². The van der Waals surface area contributed by atoms with Crippen molar-refractivity contribution in [2.75, 3.05) is 0 Å². The first-order chi connectivity index (χ1) is 9.20. The molecule has 1 aromatic rings. The van der Waals surface area contributed by atoms with Crippen molar-refractivity contribution in [2.24, 2.45) is 16.8 Å². The number of rotatable bonds is 4. The molecule has 5 heteroatoms. The standard InChI is InChI=1S/C14H21N3OS/c1-10-4-2-6-12(8-10)19-9-11-5-3-7-16-13(11)14(15)17-18/h3,5,7,10,12,18H,2,4,6,8-9H2,1H3,(H2,15,17). The molecule has 1 aliphatic rings. The zero-order chi connectivity index (χ0) is 13.7. The third-order valence-electron chi connectivity index (χ3n) is 3.60. The van der Waals surface area contributed by atoms with Gasteiger partial charge in [0.25, 0.3) is 0 Å². The molecule has 1 aromatic heterocycles. The van der Waals surface area contributed by atoms with E-state index in [1.165, 1.54) is 25.7 Å². The Morgan fingerprint density at radius 3 is 3.16 bits per heavy atom. The average Bonchev–Trinajstić information content (AvgIpc) is 2.45. The van der Waals surface area contributed by atoms with Crippen LogP contribution in [0.1, 0.15) is 43.9 Å². The molecule has 1 saturated carbocycles. The van der Waals surface area contributed by atoms with Crippen molar-refractivity contribution in [3.05, 3.63) is 29.6 Å². The van der Waals surface area contributed by atoms with Gasteiger partial charge in [0.1, 0.15) is 5.69 Å². The molecule has 2 unspecified atom stereocenters. The molecular weight excluding hydrogens is 258 g/mol. The summed E-state index contributed by atoms with van der Waals surface area (Å²) in [5, 5.41) is 12.6. The predicted octanol–water partition coefficient (Wildman–Crippen LogP) is 2.99. The molecule has 0 radical (unpaired) electrons. The average molecular weight is 279 g/mol. The zero-order valence-corrected chi connectivity index (χ0v) is 12.1. The van der Waals surface area contributed by atoms with E-state index >= 15 is 0 Å². The highest BCUT2D eigenvalue weighted by Crippen LogP contribution is 2.33. The molecule has 2 atom stereocenters. The van der Waals surface area contributed by atoms with Gasteiger partial charge in [-0.3, -0.25) is 4.98 Å². The molecule has 0 amide bonds. The molecule has 0 bridgehead atoms. The molecule has 0 saturated heterocycles. The van der Waals surface area contributed by atoms with Gasteiger partial charge in [0.2, 0.25) is 0 Å². The third-order valence-corrected chi connectivity index (χ3v) is 4.98. The van der Waals surface area contributed by atoms with Crippen LogP contribution in [0.3, 0.4) is 0 Å². The van der Waals surface area contributed by atoms with Crippen molar-refractivity contribution >= 4 is 17.6 Å². The summed E-state index contributed by atoms with van der Waals surface area (Å²) in [4.78, 5) is 4.20. The molecule has 0 aromatic carbocycles. The van der Waals surface area contributed by atoms with E-state index in [0.717, 1.165) is 22.5 Å². The molecular formula is C14H21N3OS. The van der Waals surface area contributed by atoms with Crippen LogP contribution in [0.2, 0.25) is 0 Å². The molecule has 1 heterocycles. The number of amidine groups is 1. The van der Waals surface area contributed by atoms with E-state index in [9.17, 15) is 0 Å². The predicted molar refractivity (Wildman–Crippen MR) is 79.5 cm³/mol. The van der Waals surface area contributed by atoms with Gasteiger partial charge in [-0.15, -0.1) is 0 Å². The highest BCUT2D eigenvalue weighted by atomic mass is 32.2. The van der Waals surface area contributed by atoms with Gasteiger partial charge >= 0.3 is 0 Å². The van der Waals surface area contributed by atoms with E-state index in [0.29, 0.717) is 5.69 Å². The van der Waals surface area contributed by atoms with E-state index in [-0.39, 0.29) is 5.84 Å². The molecule has 19 heavy (non-hydrogen) atoms. The van der Waals surface area contributed by atoms with Crippen LogP contribution in [0.4, 0.5) is 0 Å². The second kappa shape index (κ2) is 6.80. The number of aromatic nitrogens is 1. The maximum atomic E-state index is 8.78. The van der Waals surface area contributed by atoms with Crippen LogP contribution in [0.15, 0.2) is 23.5 Å². The number of hydrogen-bond acceptors (Lipinski definition) is 4. The largest absolute Gasteiger partial charge is 0.409 e. The number of nitrogens with two attached hydrogens (primary N) is 1. The van der Waals surface area contributed by atoms with Crippen molar-refractivity contribution in [1.82, 2.24) is 4.98 Å². The first-order valence-corrected chi connectivity index (χ1v) is 7.79. The fraction of sp³-hybridized carbons (Fsp3) is 0.571. The number of oxime groups is 1. The van der Waals surface area contributed by atoms with Gasteiger partial charge in [0, 0.05) is 17.2 Å². The Morgan fingerprint density at radius 1 is 1.58 bits per heavy atom. The van der Waals surface area contributed by atoms with Gasteiger partial charge in [0.15, 0.2) is 5.84 Å². The van der Waals surface area contributed by atoms with Gasteiger partial charge in [-0.25, -0.2) is 0 Å². The summed E-state index contributed by atoms with van der Waals surface area (Å²) in [6.45, 7) is 2.33. The second-order valence-corrected chi connectivity index (χ2v) is 6.49. The van der Waals surface area contributed by atoms with Gasteiger partial charge in [0.05, 0.1) is 0 Å². The minimum atomic E-state index is 0.0909. The van der Waals surface area contributed by atoms with E-state index in [1.807, 2.05) is 23.9 Å². The molecule has 104 valence electrons. The van der Waals surface area contributed by atoms with E-state index in [2.05, 4.69) is 17.1 Å². The Balaban J connectivity index is 1.99. The Kier molecular flexibility index (Phi) is 5.07. The van der Waals surface area contributed by atoms with Crippen molar-refractivity contribution in [1.29, 1.82) is 0 Å². The van der Waals surface area contributed by atoms with Crippen LogP contribution in [-0.4, -0.2) is 21.3 Å². The first-order valence-electron chi connectivity index (χ1n) is 6.74. The molecule has 0 spiro atoms. The Morgan fingerprint density at radius 2 is 2.42 bits per heavy atom. The fourth-order valence-corrected chi connectivity index (χ4v) is 4.02. The Bertz CT molecular complexity index is 450. The van der Waals surface area contributed by atoms with Crippen LogP contribution in [0.25, 0.3) is 0 Å². The lowest BCUT2D eigenvalue weighted by Crippen LogP contribution is -2.18. The molecule has 4 nitrogen and oxygen atoms in total. The summed E-state index contributed by atoms with van der Waals surface area (Å²) in [6.07, 6.45) is 6.96. The Labute approximate surface area is 118 Å². The van der Waals surface area contributed by atoms with Crippen LogP contribution < -0.4 is 5.73 Å². The molecule has 1 fully saturated rings. The molecule has 3 N–H and O–H groups in total. The van der Waals surface area contributed by atoms with Crippen molar-refractivity contribution in [3.8, 4) is 0 Å². The molecule has 0 aliphatic heterocycles. The van der Waals surface area contributed by atoms with Crippen molar-refractivity contribution in [3.63, 3.8) is 0 Å². The molecule has 2 rings (SSSR count). The topological polar surface area (TPSA) is 71.5 Å².